The fraction of sp³-hybridized carbons (Fsp3) is 0.455. The van der Waals surface area contributed by atoms with Crippen LogP contribution in [0.4, 0.5) is 17.1 Å². The van der Waals surface area contributed by atoms with Crippen LogP contribution in [0, 0.1) is 15.5 Å². The molecule has 1 aromatic carbocycles. The summed E-state index contributed by atoms with van der Waals surface area (Å²) in [5, 5.41) is 40.9. The number of hydrogen-bond donors (Lipinski definition) is 5. The van der Waals surface area contributed by atoms with E-state index in [9.17, 15) is 10.1 Å². The average Bonchev–Trinajstić information content (AvgIpc) is 2.42. The van der Waals surface area contributed by atoms with Crippen molar-refractivity contribution in [3.63, 3.8) is 0 Å². The van der Waals surface area contributed by atoms with Gasteiger partial charge < -0.3 is 26.4 Å². The van der Waals surface area contributed by atoms with Gasteiger partial charge in [0.05, 0.1) is 41.5 Å². The molecule has 106 valence electrons. The molecule has 0 fully saturated rings. The SMILES string of the molecule is Nc1cc([N+](=O)[O-])ccc1NCC(CO)(CO)CO. The zero-order chi connectivity index (χ0) is 14.5. The molecule has 0 unspecified atom stereocenters. The summed E-state index contributed by atoms with van der Waals surface area (Å²) >= 11 is 0. The normalized spacial score (nSPS) is 11.3. The number of nitro benzene ring substituents is 1. The van der Waals surface area contributed by atoms with Gasteiger partial charge in [-0.3, -0.25) is 10.1 Å². The van der Waals surface area contributed by atoms with E-state index < -0.39 is 30.2 Å². The van der Waals surface area contributed by atoms with Crippen molar-refractivity contribution < 1.29 is 20.2 Å². The van der Waals surface area contributed by atoms with Gasteiger partial charge in [0, 0.05) is 18.7 Å². The van der Waals surface area contributed by atoms with Crippen LogP contribution in [0.5, 0.6) is 0 Å². The lowest BCUT2D eigenvalue weighted by Crippen LogP contribution is -2.40. The van der Waals surface area contributed by atoms with Crippen LogP contribution >= 0.6 is 0 Å². The topological polar surface area (TPSA) is 142 Å². The van der Waals surface area contributed by atoms with Crippen LogP contribution in [0.25, 0.3) is 0 Å². The lowest BCUT2D eigenvalue weighted by atomic mass is 9.91. The maximum Gasteiger partial charge on any atom is 0.271 e. The molecular weight excluding hydrogens is 254 g/mol. The molecule has 0 aliphatic carbocycles. The molecule has 19 heavy (non-hydrogen) atoms. The highest BCUT2D eigenvalue weighted by Gasteiger charge is 2.28. The van der Waals surface area contributed by atoms with Crippen LogP contribution in [0.2, 0.25) is 0 Å². The Morgan fingerprint density at radius 3 is 2.26 bits per heavy atom. The second-order valence-corrected chi connectivity index (χ2v) is 4.36. The molecule has 0 aliphatic heterocycles. The summed E-state index contributed by atoms with van der Waals surface area (Å²) in [5.41, 5.74) is 5.07. The first-order chi connectivity index (χ1) is 8.98. The Hall–Kier alpha value is -1.90. The number of aliphatic hydroxyl groups is 3. The number of anilines is 2. The van der Waals surface area contributed by atoms with Crippen molar-refractivity contribution in [3.8, 4) is 0 Å². The number of nitrogen functional groups attached to an aromatic ring is 1. The highest BCUT2D eigenvalue weighted by atomic mass is 16.6. The second-order valence-electron chi connectivity index (χ2n) is 4.36. The van der Waals surface area contributed by atoms with Gasteiger partial charge in [-0.1, -0.05) is 0 Å². The van der Waals surface area contributed by atoms with E-state index in [1.54, 1.807) is 0 Å². The fourth-order valence-electron chi connectivity index (χ4n) is 1.43. The summed E-state index contributed by atoms with van der Waals surface area (Å²) in [6.07, 6.45) is 0. The van der Waals surface area contributed by atoms with E-state index in [4.69, 9.17) is 21.1 Å². The van der Waals surface area contributed by atoms with Crippen molar-refractivity contribution in [1.29, 1.82) is 0 Å². The molecule has 8 nitrogen and oxygen atoms in total. The van der Waals surface area contributed by atoms with Crippen molar-refractivity contribution in [2.45, 2.75) is 0 Å². The van der Waals surface area contributed by atoms with Crippen molar-refractivity contribution in [2.75, 3.05) is 37.4 Å². The minimum atomic E-state index is -1.08. The van der Waals surface area contributed by atoms with E-state index in [-0.39, 0.29) is 17.9 Å². The first-order valence-corrected chi connectivity index (χ1v) is 5.58. The number of non-ortho nitro benzene ring substituents is 1. The van der Waals surface area contributed by atoms with Crippen molar-refractivity contribution in [2.24, 2.45) is 5.41 Å². The van der Waals surface area contributed by atoms with Crippen molar-refractivity contribution in [1.82, 2.24) is 0 Å². The maximum absolute atomic E-state index is 10.6. The Labute approximate surface area is 109 Å². The molecule has 0 spiro atoms. The van der Waals surface area contributed by atoms with Gasteiger partial charge >= 0.3 is 0 Å². The molecule has 0 saturated carbocycles. The lowest BCUT2D eigenvalue weighted by Gasteiger charge is -2.28. The van der Waals surface area contributed by atoms with E-state index in [0.29, 0.717) is 5.69 Å². The first-order valence-electron chi connectivity index (χ1n) is 5.58. The minimum Gasteiger partial charge on any atom is -0.397 e. The first kappa shape index (κ1) is 15.2. The quantitative estimate of drug-likeness (QED) is 0.257. The minimum absolute atomic E-state index is 0.0819. The van der Waals surface area contributed by atoms with Gasteiger partial charge in [0.25, 0.3) is 5.69 Å². The van der Waals surface area contributed by atoms with Crippen molar-refractivity contribution in [3.05, 3.63) is 28.3 Å². The second kappa shape index (κ2) is 6.32. The van der Waals surface area contributed by atoms with Gasteiger partial charge in [-0.25, -0.2) is 0 Å². The fourth-order valence-corrected chi connectivity index (χ4v) is 1.43. The number of benzene rings is 1. The Kier molecular flexibility index (Phi) is 5.04. The van der Waals surface area contributed by atoms with Crippen LogP contribution < -0.4 is 11.1 Å². The summed E-state index contributed by atoms with van der Waals surface area (Å²) < 4.78 is 0. The van der Waals surface area contributed by atoms with Gasteiger partial charge in [0.2, 0.25) is 0 Å². The lowest BCUT2D eigenvalue weighted by molar-refractivity contribution is -0.384. The van der Waals surface area contributed by atoms with Gasteiger partial charge in [0.15, 0.2) is 0 Å². The number of nitrogens with one attached hydrogen (secondary N) is 1. The third-order valence-corrected chi connectivity index (χ3v) is 2.91. The zero-order valence-corrected chi connectivity index (χ0v) is 10.2. The Morgan fingerprint density at radius 1 is 1.26 bits per heavy atom. The van der Waals surface area contributed by atoms with Crippen LogP contribution in [0.3, 0.4) is 0 Å². The third-order valence-electron chi connectivity index (χ3n) is 2.91. The number of nitrogens with two attached hydrogens (primary N) is 1. The molecule has 0 aromatic heterocycles. The van der Waals surface area contributed by atoms with Crippen LogP contribution in [-0.2, 0) is 0 Å². The maximum atomic E-state index is 10.6. The highest BCUT2D eigenvalue weighted by Crippen LogP contribution is 2.25. The Morgan fingerprint density at radius 2 is 1.84 bits per heavy atom. The standard InChI is InChI=1S/C11H17N3O5/c12-9-3-8(14(18)19)1-2-10(9)13-4-11(5-15,6-16)7-17/h1-3,13,15-17H,4-7,12H2. The summed E-state index contributed by atoms with van der Waals surface area (Å²) in [7, 11) is 0. The molecule has 1 aromatic rings. The molecule has 6 N–H and O–H groups in total. The van der Waals surface area contributed by atoms with Crippen LogP contribution in [-0.4, -0.2) is 46.6 Å². The molecule has 8 heteroatoms. The molecule has 0 radical (unpaired) electrons. The average molecular weight is 271 g/mol. The highest BCUT2D eigenvalue weighted by molar-refractivity contribution is 5.69. The number of nitro groups is 1. The molecule has 0 aliphatic rings. The number of nitrogens with zero attached hydrogens (tertiary/aromatic N) is 1. The van der Waals surface area contributed by atoms with Crippen LogP contribution in [0.1, 0.15) is 0 Å². The zero-order valence-electron chi connectivity index (χ0n) is 10.2. The van der Waals surface area contributed by atoms with Gasteiger partial charge in [-0.15, -0.1) is 0 Å². The number of rotatable bonds is 7. The monoisotopic (exact) mass is 271 g/mol. The van der Waals surface area contributed by atoms with Gasteiger partial charge in [-0.2, -0.15) is 0 Å². The molecule has 0 heterocycles. The van der Waals surface area contributed by atoms with Gasteiger partial charge in [0.1, 0.15) is 0 Å². The van der Waals surface area contributed by atoms with E-state index >= 15 is 0 Å². The van der Waals surface area contributed by atoms with Crippen molar-refractivity contribution >= 4 is 17.1 Å². The molecule has 0 bridgehead atoms. The van der Waals surface area contributed by atoms with Gasteiger partial charge in [-0.05, 0) is 6.07 Å². The largest absolute Gasteiger partial charge is 0.397 e. The Balaban J connectivity index is 2.80. The van der Waals surface area contributed by atoms with E-state index in [1.165, 1.54) is 18.2 Å². The molecule has 0 amide bonds. The summed E-state index contributed by atoms with van der Waals surface area (Å²) in [6.45, 7) is -1.13. The van der Waals surface area contributed by atoms with E-state index in [1.807, 2.05) is 0 Å². The molecule has 0 saturated heterocycles. The van der Waals surface area contributed by atoms with E-state index in [2.05, 4.69) is 5.32 Å². The predicted molar refractivity (Wildman–Crippen MR) is 69.7 cm³/mol. The summed E-state index contributed by atoms with van der Waals surface area (Å²) in [5.74, 6) is 0. The summed E-state index contributed by atoms with van der Waals surface area (Å²) in [4.78, 5) is 10.00. The van der Waals surface area contributed by atoms with E-state index in [0.717, 1.165) is 0 Å². The smallest absolute Gasteiger partial charge is 0.271 e. The predicted octanol–water partition coefficient (Wildman–Crippen LogP) is -0.448. The number of hydrogen-bond acceptors (Lipinski definition) is 7. The molecular formula is C11H17N3O5. The summed E-state index contributed by atoms with van der Waals surface area (Å²) in [6, 6.07) is 3.93. The molecule has 0 atom stereocenters. The molecule has 1 rings (SSSR count). The third kappa shape index (κ3) is 3.53. The Bertz CT molecular complexity index is 440. The number of aliphatic hydroxyl groups excluding tert-OH is 3. The van der Waals surface area contributed by atoms with Crippen LogP contribution in [0.15, 0.2) is 18.2 Å².